The molecule has 0 saturated heterocycles. The number of aromatic nitrogens is 2. The molecule has 3 N–H and O–H groups in total. The molecule has 1 atom stereocenters. The normalized spacial score (nSPS) is 12.2. The van der Waals surface area contributed by atoms with Crippen molar-refractivity contribution in [1.29, 1.82) is 0 Å². The van der Waals surface area contributed by atoms with Gasteiger partial charge in [0.1, 0.15) is 0 Å². The summed E-state index contributed by atoms with van der Waals surface area (Å²) in [5.41, 5.74) is 8.57. The molecule has 0 aliphatic heterocycles. The van der Waals surface area contributed by atoms with Gasteiger partial charge in [0.25, 0.3) is 0 Å². The van der Waals surface area contributed by atoms with Gasteiger partial charge in [-0.05, 0) is 31.5 Å². The number of nitrogens with one attached hydrogen (secondary N) is 1. The number of rotatable bonds is 5. The van der Waals surface area contributed by atoms with Crippen molar-refractivity contribution in [2.45, 2.75) is 32.9 Å². The molecule has 20 heavy (non-hydrogen) atoms. The van der Waals surface area contributed by atoms with E-state index in [2.05, 4.69) is 10.4 Å². The Kier molecular flexibility index (Phi) is 4.53. The van der Waals surface area contributed by atoms with E-state index in [0.29, 0.717) is 13.0 Å². The van der Waals surface area contributed by atoms with E-state index in [1.807, 2.05) is 55.1 Å². The van der Waals surface area contributed by atoms with Crippen molar-refractivity contribution < 1.29 is 4.79 Å². The Hall–Kier alpha value is -2.14. The number of nitrogens with zero attached hydrogens (tertiary/aromatic N) is 2. The molecule has 106 valence electrons. The number of hydrogen-bond donors (Lipinski definition) is 2. The predicted molar refractivity (Wildman–Crippen MR) is 78.4 cm³/mol. The number of hydrogen-bond acceptors (Lipinski definition) is 3. The van der Waals surface area contributed by atoms with Gasteiger partial charge in [-0.15, -0.1) is 0 Å². The SMILES string of the molecule is Cc1ccn(-c2ccccc2CNC(=O)CC(C)N)n1. The Balaban J connectivity index is 2.11. The molecule has 0 bridgehead atoms. The van der Waals surface area contributed by atoms with Crippen molar-refractivity contribution in [3.05, 3.63) is 47.8 Å². The molecule has 5 heteroatoms. The number of carbonyl (C=O) groups excluding carboxylic acids is 1. The molecule has 1 aromatic carbocycles. The van der Waals surface area contributed by atoms with Crippen molar-refractivity contribution in [2.75, 3.05) is 0 Å². The van der Waals surface area contributed by atoms with Gasteiger partial charge in [0.05, 0.1) is 11.4 Å². The summed E-state index contributed by atoms with van der Waals surface area (Å²) in [4.78, 5) is 11.7. The first-order chi connectivity index (χ1) is 9.56. The van der Waals surface area contributed by atoms with E-state index in [4.69, 9.17) is 5.73 Å². The molecule has 0 saturated carbocycles. The summed E-state index contributed by atoms with van der Waals surface area (Å²) >= 11 is 0. The van der Waals surface area contributed by atoms with Crippen LogP contribution in [0.1, 0.15) is 24.6 Å². The number of benzene rings is 1. The first-order valence-corrected chi connectivity index (χ1v) is 6.69. The molecule has 1 amide bonds. The van der Waals surface area contributed by atoms with Crippen LogP contribution in [0, 0.1) is 6.92 Å². The second kappa shape index (κ2) is 6.34. The van der Waals surface area contributed by atoms with Gasteiger partial charge >= 0.3 is 0 Å². The van der Waals surface area contributed by atoms with E-state index in [9.17, 15) is 4.79 Å². The third kappa shape index (κ3) is 3.68. The molecule has 1 unspecified atom stereocenters. The number of carbonyl (C=O) groups is 1. The average molecular weight is 272 g/mol. The lowest BCUT2D eigenvalue weighted by Gasteiger charge is -2.11. The molecule has 1 aromatic heterocycles. The van der Waals surface area contributed by atoms with Crippen LogP contribution in [0.3, 0.4) is 0 Å². The molecular weight excluding hydrogens is 252 g/mol. The van der Waals surface area contributed by atoms with E-state index in [1.54, 1.807) is 0 Å². The van der Waals surface area contributed by atoms with Crippen molar-refractivity contribution >= 4 is 5.91 Å². The maximum absolute atomic E-state index is 11.7. The van der Waals surface area contributed by atoms with Gasteiger partial charge in [-0.25, -0.2) is 4.68 Å². The standard InChI is InChI=1S/C15H20N4O/c1-11(16)9-15(20)17-10-13-5-3-4-6-14(13)19-8-7-12(2)18-19/h3-8,11H,9-10,16H2,1-2H3,(H,17,20). The van der Waals surface area contributed by atoms with Gasteiger partial charge in [-0.1, -0.05) is 18.2 Å². The van der Waals surface area contributed by atoms with Crippen LogP contribution in [0.4, 0.5) is 0 Å². The predicted octanol–water partition coefficient (Wildman–Crippen LogP) is 1.53. The number of amides is 1. The van der Waals surface area contributed by atoms with Crippen LogP contribution in [-0.4, -0.2) is 21.7 Å². The van der Waals surface area contributed by atoms with Gasteiger partial charge in [0, 0.05) is 25.2 Å². The summed E-state index contributed by atoms with van der Waals surface area (Å²) in [6.07, 6.45) is 2.25. The summed E-state index contributed by atoms with van der Waals surface area (Å²) in [5.74, 6) is -0.0357. The minimum Gasteiger partial charge on any atom is -0.352 e. The molecule has 1 heterocycles. The van der Waals surface area contributed by atoms with Gasteiger partial charge < -0.3 is 11.1 Å². The molecule has 0 spiro atoms. The first kappa shape index (κ1) is 14.3. The van der Waals surface area contributed by atoms with E-state index >= 15 is 0 Å². The number of aryl methyl sites for hydroxylation is 1. The minimum absolute atomic E-state index is 0.0357. The fourth-order valence-corrected chi connectivity index (χ4v) is 1.99. The lowest BCUT2D eigenvalue weighted by Crippen LogP contribution is -2.29. The first-order valence-electron chi connectivity index (χ1n) is 6.69. The third-order valence-corrected chi connectivity index (χ3v) is 2.94. The summed E-state index contributed by atoms with van der Waals surface area (Å²) < 4.78 is 1.82. The number of para-hydroxylation sites is 1. The van der Waals surface area contributed by atoms with Crippen molar-refractivity contribution in [3.63, 3.8) is 0 Å². The zero-order valence-electron chi connectivity index (χ0n) is 11.8. The minimum atomic E-state index is -0.126. The zero-order valence-corrected chi connectivity index (χ0v) is 11.8. The number of nitrogens with two attached hydrogens (primary N) is 1. The largest absolute Gasteiger partial charge is 0.352 e. The molecule has 0 aliphatic carbocycles. The molecule has 5 nitrogen and oxygen atoms in total. The lowest BCUT2D eigenvalue weighted by molar-refractivity contribution is -0.121. The maximum atomic E-state index is 11.7. The van der Waals surface area contributed by atoms with Crippen LogP contribution in [-0.2, 0) is 11.3 Å². The summed E-state index contributed by atoms with van der Waals surface area (Å²) in [5, 5.41) is 7.29. The third-order valence-electron chi connectivity index (χ3n) is 2.94. The molecule has 0 radical (unpaired) electrons. The van der Waals surface area contributed by atoms with Gasteiger partial charge in [-0.3, -0.25) is 4.79 Å². The Morgan fingerprint density at radius 1 is 1.40 bits per heavy atom. The van der Waals surface area contributed by atoms with Crippen LogP contribution < -0.4 is 11.1 Å². The topological polar surface area (TPSA) is 72.9 Å². The van der Waals surface area contributed by atoms with Gasteiger partial charge in [-0.2, -0.15) is 5.10 Å². The second-order valence-corrected chi connectivity index (χ2v) is 4.99. The highest BCUT2D eigenvalue weighted by Crippen LogP contribution is 2.14. The summed E-state index contributed by atoms with van der Waals surface area (Å²) in [7, 11) is 0. The van der Waals surface area contributed by atoms with Crippen LogP contribution >= 0.6 is 0 Å². The second-order valence-electron chi connectivity index (χ2n) is 4.99. The van der Waals surface area contributed by atoms with Gasteiger partial charge in [0.15, 0.2) is 0 Å². The van der Waals surface area contributed by atoms with E-state index < -0.39 is 0 Å². The highest BCUT2D eigenvalue weighted by molar-refractivity contribution is 5.76. The summed E-state index contributed by atoms with van der Waals surface area (Å²) in [6, 6.07) is 9.70. The van der Waals surface area contributed by atoms with E-state index in [0.717, 1.165) is 16.9 Å². The van der Waals surface area contributed by atoms with Crippen molar-refractivity contribution in [3.8, 4) is 5.69 Å². The van der Waals surface area contributed by atoms with E-state index in [1.165, 1.54) is 0 Å². The fraction of sp³-hybridized carbons (Fsp3) is 0.333. The Morgan fingerprint density at radius 2 is 2.15 bits per heavy atom. The van der Waals surface area contributed by atoms with Crippen LogP contribution in [0.15, 0.2) is 36.5 Å². The van der Waals surface area contributed by atoms with Crippen molar-refractivity contribution in [2.24, 2.45) is 5.73 Å². The maximum Gasteiger partial charge on any atom is 0.221 e. The quantitative estimate of drug-likeness (QED) is 0.867. The highest BCUT2D eigenvalue weighted by atomic mass is 16.1. The molecule has 0 aliphatic rings. The van der Waals surface area contributed by atoms with E-state index in [-0.39, 0.29) is 11.9 Å². The Morgan fingerprint density at radius 3 is 2.80 bits per heavy atom. The molecule has 2 rings (SSSR count). The monoisotopic (exact) mass is 272 g/mol. The zero-order chi connectivity index (χ0) is 14.5. The van der Waals surface area contributed by atoms with Crippen molar-refractivity contribution in [1.82, 2.24) is 15.1 Å². The smallest absolute Gasteiger partial charge is 0.221 e. The van der Waals surface area contributed by atoms with Gasteiger partial charge in [0.2, 0.25) is 5.91 Å². The fourth-order valence-electron chi connectivity index (χ4n) is 1.99. The average Bonchev–Trinajstić information content (AvgIpc) is 2.82. The highest BCUT2D eigenvalue weighted by Gasteiger charge is 2.08. The van der Waals surface area contributed by atoms with Crippen LogP contribution in [0.25, 0.3) is 5.69 Å². The Bertz CT molecular complexity index is 589. The van der Waals surface area contributed by atoms with Crippen LogP contribution in [0.5, 0.6) is 0 Å². The molecule has 0 fully saturated rings. The molecular formula is C15H20N4O. The van der Waals surface area contributed by atoms with Crippen LogP contribution in [0.2, 0.25) is 0 Å². The summed E-state index contributed by atoms with van der Waals surface area (Å²) in [6.45, 7) is 4.24. The Labute approximate surface area is 118 Å². The molecule has 2 aromatic rings. The lowest BCUT2D eigenvalue weighted by atomic mass is 10.1.